The smallest absolute Gasteiger partial charge is 0.338 e. The number of benzene rings is 2. The van der Waals surface area contributed by atoms with Crippen molar-refractivity contribution >= 4 is 17.6 Å². The average Bonchev–Trinajstić information content (AvgIpc) is 3.21. The Labute approximate surface area is 170 Å². The normalized spacial score (nSPS) is 12.9. The molecular weight excluding hydrogens is 372 g/mol. The van der Waals surface area contributed by atoms with Crippen LogP contribution in [0.5, 0.6) is 11.5 Å². The topological polar surface area (TPSA) is 77.1 Å². The van der Waals surface area contributed by atoms with Crippen molar-refractivity contribution in [2.45, 2.75) is 26.8 Å². The Balaban J connectivity index is 1.50. The fraction of sp³-hybridized carbons (Fsp3) is 0.364. The fourth-order valence-corrected chi connectivity index (χ4v) is 3.16. The molecule has 29 heavy (non-hydrogen) atoms. The Morgan fingerprint density at radius 2 is 1.76 bits per heavy atom. The number of nitrogens with zero attached hydrogens (tertiary/aromatic N) is 1. The van der Waals surface area contributed by atoms with Crippen LogP contribution in [0.4, 0.5) is 5.69 Å². The van der Waals surface area contributed by atoms with Gasteiger partial charge in [0.15, 0.2) is 18.1 Å². The van der Waals surface area contributed by atoms with E-state index >= 15 is 0 Å². The van der Waals surface area contributed by atoms with Gasteiger partial charge in [-0.1, -0.05) is 6.07 Å². The fourth-order valence-electron chi connectivity index (χ4n) is 3.16. The summed E-state index contributed by atoms with van der Waals surface area (Å²) in [5.74, 6) is 0.446. The number of rotatable bonds is 8. The molecule has 2 aromatic carbocycles. The van der Waals surface area contributed by atoms with Crippen LogP contribution in [0, 0.1) is 0 Å². The standard InChI is InChI=1S/C22H26N2O5/c1-4-24(5-2)18-9-6-16(7-10-18)22(26)27-13-21(25)23-15(3)17-8-11-19-20(12-17)29-14-28-19/h6-12,15H,4-5,13-14H2,1-3H3,(H,23,25)/t15-/m0/s1. The first kappa shape index (κ1) is 20.5. The van der Waals surface area contributed by atoms with Crippen LogP contribution in [0.1, 0.15) is 42.7 Å². The van der Waals surface area contributed by atoms with E-state index in [1.165, 1.54) is 0 Å². The molecule has 0 unspecified atom stereocenters. The van der Waals surface area contributed by atoms with E-state index in [-0.39, 0.29) is 25.3 Å². The lowest BCUT2D eigenvalue weighted by atomic mass is 10.1. The molecule has 7 nitrogen and oxygen atoms in total. The van der Waals surface area contributed by atoms with Gasteiger partial charge in [-0.2, -0.15) is 0 Å². The SMILES string of the molecule is CCN(CC)c1ccc(C(=O)OCC(=O)N[C@@H](C)c2ccc3c(c2)OCO3)cc1. The first-order valence-electron chi connectivity index (χ1n) is 9.72. The summed E-state index contributed by atoms with van der Waals surface area (Å²) in [5.41, 5.74) is 2.33. The van der Waals surface area contributed by atoms with Gasteiger partial charge in [0.2, 0.25) is 6.79 Å². The zero-order valence-corrected chi connectivity index (χ0v) is 16.9. The molecule has 0 radical (unpaired) electrons. The molecule has 1 aliphatic rings. The molecule has 0 saturated carbocycles. The van der Waals surface area contributed by atoms with Gasteiger partial charge in [0, 0.05) is 18.8 Å². The minimum absolute atomic E-state index is 0.200. The maximum atomic E-state index is 12.2. The Morgan fingerprint density at radius 3 is 2.45 bits per heavy atom. The molecule has 7 heteroatoms. The molecule has 154 valence electrons. The number of anilines is 1. The van der Waals surface area contributed by atoms with Gasteiger partial charge in [0.25, 0.3) is 5.91 Å². The minimum atomic E-state index is -0.526. The molecule has 0 spiro atoms. The number of carbonyl (C=O) groups excluding carboxylic acids is 2. The summed E-state index contributed by atoms with van der Waals surface area (Å²) in [6.07, 6.45) is 0. The summed E-state index contributed by atoms with van der Waals surface area (Å²) in [5, 5.41) is 2.81. The molecule has 0 aliphatic carbocycles. The highest BCUT2D eigenvalue weighted by atomic mass is 16.7. The molecule has 1 aliphatic heterocycles. The van der Waals surface area contributed by atoms with Gasteiger partial charge in [-0.15, -0.1) is 0 Å². The van der Waals surface area contributed by atoms with E-state index in [1.807, 2.05) is 37.3 Å². The number of ether oxygens (including phenoxy) is 3. The molecule has 0 fully saturated rings. The van der Waals surface area contributed by atoms with E-state index in [9.17, 15) is 9.59 Å². The van der Waals surface area contributed by atoms with E-state index in [4.69, 9.17) is 14.2 Å². The van der Waals surface area contributed by atoms with Crippen molar-refractivity contribution < 1.29 is 23.8 Å². The van der Waals surface area contributed by atoms with E-state index < -0.39 is 5.97 Å². The summed E-state index contributed by atoms with van der Waals surface area (Å²) >= 11 is 0. The molecule has 1 amide bonds. The van der Waals surface area contributed by atoms with Gasteiger partial charge in [-0.05, 0) is 62.7 Å². The van der Waals surface area contributed by atoms with Gasteiger partial charge >= 0.3 is 5.97 Å². The van der Waals surface area contributed by atoms with Gasteiger partial charge in [0.05, 0.1) is 11.6 Å². The van der Waals surface area contributed by atoms with Crippen LogP contribution < -0.4 is 19.7 Å². The quantitative estimate of drug-likeness (QED) is 0.688. The number of esters is 1. The van der Waals surface area contributed by atoms with Crippen LogP contribution in [-0.4, -0.2) is 38.4 Å². The second-order valence-electron chi connectivity index (χ2n) is 6.70. The van der Waals surface area contributed by atoms with Crippen molar-refractivity contribution in [1.82, 2.24) is 5.32 Å². The lowest BCUT2D eigenvalue weighted by molar-refractivity contribution is -0.124. The molecule has 0 saturated heterocycles. The van der Waals surface area contributed by atoms with E-state index in [0.717, 1.165) is 24.3 Å². The third kappa shape index (κ3) is 4.99. The highest BCUT2D eigenvalue weighted by Gasteiger charge is 2.18. The lowest BCUT2D eigenvalue weighted by Crippen LogP contribution is -2.31. The molecule has 0 aromatic heterocycles. The number of fused-ring (bicyclic) bond motifs is 1. The largest absolute Gasteiger partial charge is 0.454 e. The van der Waals surface area contributed by atoms with Crippen molar-refractivity contribution in [1.29, 1.82) is 0 Å². The van der Waals surface area contributed by atoms with E-state index in [1.54, 1.807) is 12.1 Å². The van der Waals surface area contributed by atoms with Gasteiger partial charge in [-0.3, -0.25) is 4.79 Å². The van der Waals surface area contributed by atoms with E-state index in [2.05, 4.69) is 24.1 Å². The minimum Gasteiger partial charge on any atom is -0.454 e. The predicted molar refractivity (Wildman–Crippen MR) is 109 cm³/mol. The van der Waals surface area contributed by atoms with Gasteiger partial charge in [0.1, 0.15) is 0 Å². The van der Waals surface area contributed by atoms with Crippen LogP contribution >= 0.6 is 0 Å². The zero-order valence-electron chi connectivity index (χ0n) is 16.9. The maximum absolute atomic E-state index is 12.2. The number of nitrogens with one attached hydrogen (secondary N) is 1. The van der Waals surface area contributed by atoms with Crippen molar-refractivity contribution in [3.63, 3.8) is 0 Å². The molecule has 1 N–H and O–H groups in total. The van der Waals surface area contributed by atoms with E-state index in [0.29, 0.717) is 17.1 Å². The molecule has 0 bridgehead atoms. The molecule has 1 heterocycles. The number of carbonyl (C=O) groups is 2. The highest BCUT2D eigenvalue weighted by molar-refractivity contribution is 5.91. The molecular formula is C22H26N2O5. The van der Waals surface area contributed by atoms with Crippen molar-refractivity contribution in [3.8, 4) is 11.5 Å². The van der Waals surface area contributed by atoms with Crippen LogP contribution in [0.25, 0.3) is 0 Å². The molecule has 3 rings (SSSR count). The summed E-state index contributed by atoms with van der Waals surface area (Å²) in [7, 11) is 0. The number of amides is 1. The lowest BCUT2D eigenvalue weighted by Gasteiger charge is -2.21. The monoisotopic (exact) mass is 398 g/mol. The number of hydrogen-bond acceptors (Lipinski definition) is 6. The summed E-state index contributed by atoms with van der Waals surface area (Å²) in [4.78, 5) is 26.6. The summed E-state index contributed by atoms with van der Waals surface area (Å²) < 4.78 is 15.8. The van der Waals surface area contributed by atoms with Crippen molar-refractivity contribution in [2.24, 2.45) is 0 Å². The zero-order chi connectivity index (χ0) is 20.8. The highest BCUT2D eigenvalue weighted by Crippen LogP contribution is 2.34. The van der Waals surface area contributed by atoms with Crippen molar-refractivity contribution in [3.05, 3.63) is 53.6 Å². The Bertz CT molecular complexity index is 862. The average molecular weight is 398 g/mol. The van der Waals surface area contributed by atoms with Crippen LogP contribution in [0.2, 0.25) is 0 Å². The third-order valence-electron chi connectivity index (χ3n) is 4.84. The van der Waals surface area contributed by atoms with Crippen LogP contribution in [-0.2, 0) is 9.53 Å². The summed E-state index contributed by atoms with van der Waals surface area (Å²) in [6.45, 7) is 7.65. The van der Waals surface area contributed by atoms with Gasteiger partial charge < -0.3 is 24.4 Å². The summed E-state index contributed by atoms with van der Waals surface area (Å²) in [6, 6.07) is 12.4. The second-order valence-corrected chi connectivity index (χ2v) is 6.70. The van der Waals surface area contributed by atoms with Gasteiger partial charge in [-0.25, -0.2) is 4.79 Å². The Morgan fingerprint density at radius 1 is 1.07 bits per heavy atom. The predicted octanol–water partition coefficient (Wildman–Crippen LogP) is 3.30. The Hall–Kier alpha value is -3.22. The maximum Gasteiger partial charge on any atom is 0.338 e. The van der Waals surface area contributed by atoms with Crippen LogP contribution in [0.15, 0.2) is 42.5 Å². The Kier molecular flexibility index (Phi) is 6.59. The van der Waals surface area contributed by atoms with Crippen molar-refractivity contribution in [2.75, 3.05) is 31.4 Å². The first-order valence-corrected chi connectivity index (χ1v) is 9.72. The first-order chi connectivity index (χ1) is 14.0. The number of hydrogen-bond donors (Lipinski definition) is 1. The molecule has 2 aromatic rings. The van der Waals surface area contributed by atoms with Crippen LogP contribution in [0.3, 0.4) is 0 Å². The molecule has 1 atom stereocenters. The second kappa shape index (κ2) is 9.32. The third-order valence-corrected chi connectivity index (χ3v) is 4.84.